The summed E-state index contributed by atoms with van der Waals surface area (Å²) in [5.41, 5.74) is 1.80. The number of ether oxygens (including phenoxy) is 2. The Labute approximate surface area is 150 Å². The Bertz CT molecular complexity index is 770. The van der Waals surface area contributed by atoms with Gasteiger partial charge in [-0.05, 0) is 38.5 Å². The number of rotatable bonds is 4. The van der Waals surface area contributed by atoms with Gasteiger partial charge < -0.3 is 9.47 Å². The van der Waals surface area contributed by atoms with E-state index in [-0.39, 0.29) is 17.8 Å². The van der Waals surface area contributed by atoms with E-state index in [1.807, 2.05) is 31.2 Å². The van der Waals surface area contributed by atoms with Crippen molar-refractivity contribution in [3.05, 3.63) is 41.1 Å². The van der Waals surface area contributed by atoms with Gasteiger partial charge in [-0.1, -0.05) is 23.9 Å². The van der Waals surface area contributed by atoms with Crippen molar-refractivity contribution in [1.82, 2.24) is 4.90 Å². The van der Waals surface area contributed by atoms with Gasteiger partial charge >= 0.3 is 5.97 Å². The molecule has 1 aromatic carbocycles. The standard InChI is InChI=1S/C18H20N2O4S/c1-5-24-17(22)14-10(2)19-18-20(16(21)11(3)25-18)15(14)12-6-8-13(23-4)9-7-12/h6-9,11,15H,5H2,1-4H3/t11-,15-/m1/s1. The number of carbonyl (C=O) groups excluding carboxylic acids is 2. The molecule has 25 heavy (non-hydrogen) atoms. The number of aliphatic imine (C=N–C) groups is 1. The highest BCUT2D eigenvalue weighted by atomic mass is 32.2. The fourth-order valence-electron chi connectivity index (χ4n) is 2.97. The molecule has 1 fully saturated rings. The normalized spacial score (nSPS) is 22.6. The van der Waals surface area contributed by atoms with Gasteiger partial charge in [0.15, 0.2) is 5.17 Å². The summed E-state index contributed by atoms with van der Waals surface area (Å²) in [6, 6.07) is 6.81. The summed E-state index contributed by atoms with van der Waals surface area (Å²) < 4.78 is 10.4. The van der Waals surface area contributed by atoms with Gasteiger partial charge in [-0.2, -0.15) is 0 Å². The fourth-order valence-corrected chi connectivity index (χ4v) is 4.00. The topological polar surface area (TPSA) is 68.2 Å². The molecule has 0 N–H and O–H groups in total. The second-order valence-corrected chi connectivity index (χ2v) is 7.07. The highest BCUT2D eigenvalue weighted by Gasteiger charge is 2.46. The van der Waals surface area contributed by atoms with Crippen LogP contribution in [-0.4, -0.2) is 40.9 Å². The molecule has 7 heteroatoms. The van der Waals surface area contributed by atoms with Gasteiger partial charge in [0, 0.05) is 0 Å². The van der Waals surface area contributed by atoms with Crippen molar-refractivity contribution in [2.24, 2.45) is 4.99 Å². The molecule has 0 radical (unpaired) electrons. The number of allylic oxidation sites excluding steroid dienone is 1. The van der Waals surface area contributed by atoms with Gasteiger partial charge in [-0.15, -0.1) is 0 Å². The van der Waals surface area contributed by atoms with Crippen molar-refractivity contribution in [2.75, 3.05) is 13.7 Å². The SMILES string of the molecule is CCOC(=O)C1=C(C)N=C2S[C@H](C)C(=O)N2[C@@H]1c1ccc(OC)cc1. The lowest BCUT2D eigenvalue weighted by Crippen LogP contribution is -2.40. The smallest absolute Gasteiger partial charge is 0.338 e. The number of nitrogens with zero attached hydrogens (tertiary/aromatic N) is 2. The predicted molar refractivity (Wildman–Crippen MR) is 96.4 cm³/mol. The molecule has 1 amide bonds. The average molecular weight is 360 g/mol. The van der Waals surface area contributed by atoms with Crippen LogP contribution in [-0.2, 0) is 14.3 Å². The van der Waals surface area contributed by atoms with Crippen LogP contribution in [0.2, 0.25) is 0 Å². The Kier molecular flexibility index (Phi) is 4.85. The van der Waals surface area contributed by atoms with Crippen LogP contribution in [0.25, 0.3) is 0 Å². The number of benzene rings is 1. The summed E-state index contributed by atoms with van der Waals surface area (Å²) in [5, 5.41) is 0.401. The maximum Gasteiger partial charge on any atom is 0.338 e. The lowest BCUT2D eigenvalue weighted by atomic mass is 9.94. The Morgan fingerprint density at radius 2 is 2.00 bits per heavy atom. The van der Waals surface area contributed by atoms with Gasteiger partial charge in [-0.3, -0.25) is 9.69 Å². The maximum atomic E-state index is 12.7. The summed E-state index contributed by atoms with van der Waals surface area (Å²) in [7, 11) is 1.59. The minimum atomic E-state index is -0.539. The van der Waals surface area contributed by atoms with E-state index in [1.54, 1.807) is 25.9 Å². The maximum absolute atomic E-state index is 12.7. The Morgan fingerprint density at radius 1 is 1.32 bits per heavy atom. The number of fused-ring (bicyclic) bond motifs is 1. The van der Waals surface area contributed by atoms with E-state index in [0.717, 1.165) is 5.56 Å². The van der Waals surface area contributed by atoms with Gasteiger partial charge in [-0.25, -0.2) is 9.79 Å². The largest absolute Gasteiger partial charge is 0.497 e. The molecule has 2 heterocycles. The molecule has 2 aliphatic heterocycles. The van der Waals surface area contributed by atoms with Crippen LogP contribution in [0.3, 0.4) is 0 Å². The lowest BCUT2D eigenvalue weighted by Gasteiger charge is -2.33. The van der Waals surface area contributed by atoms with Gasteiger partial charge in [0.25, 0.3) is 0 Å². The molecule has 0 saturated carbocycles. The summed E-state index contributed by atoms with van der Waals surface area (Å²) >= 11 is 1.41. The fraction of sp³-hybridized carbons (Fsp3) is 0.389. The van der Waals surface area contributed by atoms with Crippen molar-refractivity contribution in [3.8, 4) is 5.75 Å². The predicted octanol–water partition coefficient (Wildman–Crippen LogP) is 2.91. The Morgan fingerprint density at radius 3 is 2.60 bits per heavy atom. The first-order valence-electron chi connectivity index (χ1n) is 8.08. The average Bonchev–Trinajstić information content (AvgIpc) is 2.88. The number of amides is 1. The minimum absolute atomic E-state index is 0.0566. The van der Waals surface area contributed by atoms with Crippen LogP contribution in [0.1, 0.15) is 32.4 Å². The van der Waals surface area contributed by atoms with E-state index in [2.05, 4.69) is 4.99 Å². The molecule has 0 unspecified atom stereocenters. The molecule has 3 rings (SSSR count). The van der Waals surface area contributed by atoms with E-state index in [9.17, 15) is 9.59 Å². The number of carbonyl (C=O) groups is 2. The number of amidine groups is 1. The van der Waals surface area contributed by atoms with Crippen molar-refractivity contribution in [1.29, 1.82) is 0 Å². The highest BCUT2D eigenvalue weighted by Crippen LogP contribution is 2.43. The first-order chi connectivity index (χ1) is 12.0. The van der Waals surface area contributed by atoms with Crippen LogP contribution < -0.4 is 4.74 Å². The van der Waals surface area contributed by atoms with Gasteiger partial charge in [0.05, 0.1) is 36.3 Å². The third-order valence-electron chi connectivity index (χ3n) is 4.19. The zero-order valence-corrected chi connectivity index (χ0v) is 15.4. The van der Waals surface area contributed by atoms with Crippen molar-refractivity contribution >= 4 is 28.8 Å². The van der Waals surface area contributed by atoms with Gasteiger partial charge in [0.2, 0.25) is 5.91 Å². The zero-order valence-electron chi connectivity index (χ0n) is 14.6. The second kappa shape index (κ2) is 6.92. The number of hydrogen-bond donors (Lipinski definition) is 0. The summed E-state index contributed by atoms with van der Waals surface area (Å²) in [5.74, 6) is 0.210. The van der Waals surface area contributed by atoms with Crippen LogP contribution in [0, 0.1) is 0 Å². The molecule has 0 aliphatic carbocycles. The summed E-state index contributed by atoms with van der Waals surface area (Å²) in [4.78, 5) is 31.4. The molecule has 132 valence electrons. The third-order valence-corrected chi connectivity index (χ3v) is 5.24. The summed E-state index contributed by atoms with van der Waals surface area (Å²) in [6.45, 7) is 5.65. The third kappa shape index (κ3) is 3.04. The van der Waals surface area contributed by atoms with Gasteiger partial charge in [0.1, 0.15) is 5.75 Å². The molecule has 2 atom stereocenters. The quantitative estimate of drug-likeness (QED) is 0.772. The molecule has 0 bridgehead atoms. The number of thioether (sulfide) groups is 1. The van der Waals surface area contributed by atoms with E-state index < -0.39 is 12.0 Å². The lowest BCUT2D eigenvalue weighted by molar-refractivity contribution is -0.139. The Balaban J connectivity index is 2.12. The minimum Gasteiger partial charge on any atom is -0.497 e. The number of hydrogen-bond acceptors (Lipinski definition) is 6. The van der Waals surface area contributed by atoms with Crippen molar-refractivity contribution in [2.45, 2.75) is 32.1 Å². The molecule has 0 aromatic heterocycles. The van der Waals surface area contributed by atoms with E-state index in [0.29, 0.717) is 22.2 Å². The molecular formula is C18H20N2O4S. The van der Waals surface area contributed by atoms with Crippen molar-refractivity contribution < 1.29 is 19.1 Å². The molecular weight excluding hydrogens is 340 g/mol. The van der Waals surface area contributed by atoms with Crippen molar-refractivity contribution in [3.63, 3.8) is 0 Å². The summed E-state index contributed by atoms with van der Waals surface area (Å²) in [6.07, 6.45) is 0. The zero-order chi connectivity index (χ0) is 18.1. The van der Waals surface area contributed by atoms with E-state index in [4.69, 9.17) is 9.47 Å². The molecule has 1 aromatic rings. The van der Waals surface area contributed by atoms with Crippen LogP contribution in [0.4, 0.5) is 0 Å². The van der Waals surface area contributed by atoms with E-state index >= 15 is 0 Å². The van der Waals surface area contributed by atoms with E-state index in [1.165, 1.54) is 11.8 Å². The first kappa shape index (κ1) is 17.5. The number of methoxy groups -OCH3 is 1. The van der Waals surface area contributed by atoms with Crippen LogP contribution >= 0.6 is 11.8 Å². The molecule has 6 nitrogen and oxygen atoms in total. The van der Waals surface area contributed by atoms with Crippen LogP contribution in [0.5, 0.6) is 5.75 Å². The molecule has 1 saturated heterocycles. The molecule has 0 spiro atoms. The first-order valence-corrected chi connectivity index (χ1v) is 8.96. The van der Waals surface area contributed by atoms with Crippen LogP contribution in [0.15, 0.2) is 40.5 Å². The monoisotopic (exact) mass is 360 g/mol. The second-order valence-electron chi connectivity index (χ2n) is 5.76. The Hall–Kier alpha value is -2.28. The highest BCUT2D eigenvalue weighted by molar-refractivity contribution is 8.15. The molecule has 2 aliphatic rings. The number of esters is 1.